The molecule has 2 aliphatic heterocycles. The maximum atomic E-state index is 12.5. The van der Waals surface area contributed by atoms with Crippen LogP contribution in [0.15, 0.2) is 22.7 Å². The van der Waals surface area contributed by atoms with E-state index >= 15 is 0 Å². The molecule has 0 bridgehead atoms. The van der Waals surface area contributed by atoms with Gasteiger partial charge in [-0.3, -0.25) is 14.5 Å². The number of amides is 2. The van der Waals surface area contributed by atoms with Crippen LogP contribution < -0.4 is 5.32 Å². The zero-order chi connectivity index (χ0) is 13.6. The van der Waals surface area contributed by atoms with Crippen LogP contribution in [0.1, 0.15) is 40.5 Å². The molecule has 2 heterocycles. The van der Waals surface area contributed by atoms with Crippen LogP contribution in [-0.2, 0) is 0 Å². The van der Waals surface area contributed by atoms with Crippen molar-refractivity contribution in [2.45, 2.75) is 25.3 Å². The van der Waals surface area contributed by atoms with Gasteiger partial charge in [0.25, 0.3) is 11.8 Å². The molecule has 1 N–H and O–H groups in total. The van der Waals surface area contributed by atoms with Gasteiger partial charge in [0.15, 0.2) is 0 Å². The molecule has 5 heteroatoms. The van der Waals surface area contributed by atoms with E-state index in [1.54, 1.807) is 18.2 Å². The van der Waals surface area contributed by atoms with Gasteiger partial charge in [-0.25, -0.2) is 0 Å². The molecule has 19 heavy (non-hydrogen) atoms. The fourth-order valence-corrected chi connectivity index (χ4v) is 3.25. The number of piperidine rings is 1. The average molecular weight is 323 g/mol. The number of imide groups is 1. The summed E-state index contributed by atoms with van der Waals surface area (Å²) < 4.78 is 0.824. The molecular formula is C14H15BrN2O2. The molecule has 0 saturated carbocycles. The van der Waals surface area contributed by atoms with Gasteiger partial charge < -0.3 is 5.32 Å². The Morgan fingerprint density at radius 1 is 1.16 bits per heavy atom. The van der Waals surface area contributed by atoms with Gasteiger partial charge >= 0.3 is 0 Å². The first kappa shape index (κ1) is 12.8. The van der Waals surface area contributed by atoms with Gasteiger partial charge in [0.05, 0.1) is 16.7 Å². The molecule has 4 nitrogen and oxygen atoms in total. The van der Waals surface area contributed by atoms with E-state index in [0.29, 0.717) is 11.1 Å². The standard InChI is InChI=1S/C14H15BrN2O2/c1-14(4-6-16-7-5-14)17-12(18)10-3-2-9(15)8-11(10)13(17)19/h2-3,8,16H,4-7H2,1H3. The zero-order valence-electron chi connectivity index (χ0n) is 10.7. The monoisotopic (exact) mass is 322 g/mol. The van der Waals surface area contributed by atoms with E-state index in [4.69, 9.17) is 0 Å². The van der Waals surface area contributed by atoms with E-state index in [9.17, 15) is 9.59 Å². The maximum Gasteiger partial charge on any atom is 0.262 e. The van der Waals surface area contributed by atoms with Crippen molar-refractivity contribution in [3.8, 4) is 0 Å². The summed E-state index contributed by atoms with van der Waals surface area (Å²) in [7, 11) is 0. The number of nitrogens with one attached hydrogen (secondary N) is 1. The number of hydrogen-bond acceptors (Lipinski definition) is 3. The number of fused-ring (bicyclic) bond motifs is 1. The van der Waals surface area contributed by atoms with Crippen LogP contribution in [0.25, 0.3) is 0 Å². The maximum absolute atomic E-state index is 12.5. The molecule has 1 fully saturated rings. The van der Waals surface area contributed by atoms with E-state index in [1.807, 2.05) is 6.92 Å². The highest BCUT2D eigenvalue weighted by atomic mass is 79.9. The Labute approximate surface area is 120 Å². The Morgan fingerprint density at radius 3 is 2.47 bits per heavy atom. The fourth-order valence-electron chi connectivity index (χ4n) is 2.89. The second-order valence-electron chi connectivity index (χ2n) is 5.38. The molecule has 0 spiro atoms. The summed E-state index contributed by atoms with van der Waals surface area (Å²) >= 11 is 3.35. The van der Waals surface area contributed by atoms with Crippen LogP contribution in [0, 0.1) is 0 Å². The van der Waals surface area contributed by atoms with Crippen molar-refractivity contribution in [3.63, 3.8) is 0 Å². The Hall–Kier alpha value is -1.20. The Balaban J connectivity index is 2.02. The van der Waals surface area contributed by atoms with Crippen LogP contribution in [0.2, 0.25) is 0 Å². The van der Waals surface area contributed by atoms with Crippen LogP contribution >= 0.6 is 15.9 Å². The molecule has 3 rings (SSSR count). The zero-order valence-corrected chi connectivity index (χ0v) is 12.3. The molecule has 0 aromatic heterocycles. The van der Waals surface area contributed by atoms with E-state index in [-0.39, 0.29) is 17.4 Å². The normalized spacial score (nSPS) is 21.7. The first-order chi connectivity index (χ1) is 9.03. The topological polar surface area (TPSA) is 49.4 Å². The third-order valence-electron chi connectivity index (χ3n) is 4.07. The molecule has 1 saturated heterocycles. The van der Waals surface area contributed by atoms with Crippen LogP contribution in [0.5, 0.6) is 0 Å². The van der Waals surface area contributed by atoms with Gasteiger partial charge in [-0.2, -0.15) is 0 Å². The number of hydrogen-bond donors (Lipinski definition) is 1. The van der Waals surface area contributed by atoms with Crippen molar-refractivity contribution >= 4 is 27.7 Å². The van der Waals surface area contributed by atoms with Gasteiger partial charge in [-0.15, -0.1) is 0 Å². The van der Waals surface area contributed by atoms with Gasteiger partial charge in [-0.05, 0) is 51.1 Å². The summed E-state index contributed by atoms with van der Waals surface area (Å²) in [5.41, 5.74) is 0.664. The third kappa shape index (κ3) is 1.92. The van der Waals surface area contributed by atoms with Crippen LogP contribution in [-0.4, -0.2) is 35.3 Å². The summed E-state index contributed by atoms with van der Waals surface area (Å²) in [6.07, 6.45) is 1.61. The molecule has 0 unspecified atom stereocenters. The predicted octanol–water partition coefficient (Wildman–Crippen LogP) is 2.19. The molecule has 0 radical (unpaired) electrons. The number of carbonyl (C=O) groups excluding carboxylic acids is 2. The largest absolute Gasteiger partial charge is 0.317 e. The Bertz CT molecular complexity index is 565. The Kier molecular flexibility index (Phi) is 2.98. The van der Waals surface area contributed by atoms with Crippen LogP contribution in [0.3, 0.4) is 0 Å². The lowest BCUT2D eigenvalue weighted by molar-refractivity contribution is 0.0388. The van der Waals surface area contributed by atoms with Crippen molar-refractivity contribution in [1.82, 2.24) is 10.2 Å². The first-order valence-corrected chi connectivity index (χ1v) is 7.21. The molecule has 1 aromatic carbocycles. The highest BCUT2D eigenvalue weighted by molar-refractivity contribution is 9.10. The Morgan fingerprint density at radius 2 is 1.79 bits per heavy atom. The number of nitrogens with zero attached hydrogens (tertiary/aromatic N) is 1. The molecule has 0 atom stereocenters. The predicted molar refractivity (Wildman–Crippen MR) is 75.2 cm³/mol. The third-order valence-corrected chi connectivity index (χ3v) is 4.56. The number of halogens is 1. The molecule has 100 valence electrons. The van der Waals surface area contributed by atoms with Crippen molar-refractivity contribution in [3.05, 3.63) is 33.8 Å². The number of rotatable bonds is 1. The van der Waals surface area contributed by atoms with E-state index in [2.05, 4.69) is 21.2 Å². The number of benzene rings is 1. The van der Waals surface area contributed by atoms with Gasteiger partial charge in [-0.1, -0.05) is 15.9 Å². The highest BCUT2D eigenvalue weighted by Gasteiger charge is 2.46. The minimum atomic E-state index is -0.370. The smallest absolute Gasteiger partial charge is 0.262 e. The quantitative estimate of drug-likeness (QED) is 0.806. The molecular weight excluding hydrogens is 308 g/mol. The van der Waals surface area contributed by atoms with Crippen LogP contribution in [0.4, 0.5) is 0 Å². The fraction of sp³-hybridized carbons (Fsp3) is 0.429. The average Bonchev–Trinajstić information content (AvgIpc) is 2.63. The molecule has 2 aliphatic rings. The van der Waals surface area contributed by atoms with Gasteiger partial charge in [0, 0.05) is 4.47 Å². The van der Waals surface area contributed by atoms with Crippen molar-refractivity contribution < 1.29 is 9.59 Å². The minimum absolute atomic E-state index is 0.156. The lowest BCUT2D eigenvalue weighted by Crippen LogP contribution is -2.54. The lowest BCUT2D eigenvalue weighted by atomic mass is 9.88. The van der Waals surface area contributed by atoms with Crippen molar-refractivity contribution in [2.75, 3.05) is 13.1 Å². The summed E-state index contributed by atoms with van der Waals surface area (Å²) in [5.74, 6) is -0.317. The summed E-state index contributed by atoms with van der Waals surface area (Å²) in [6, 6.07) is 5.27. The molecule has 0 aliphatic carbocycles. The van der Waals surface area contributed by atoms with E-state index in [1.165, 1.54) is 4.90 Å². The molecule has 2 amide bonds. The summed E-state index contributed by atoms with van der Waals surface area (Å²) in [5, 5.41) is 3.27. The summed E-state index contributed by atoms with van der Waals surface area (Å²) in [4.78, 5) is 26.5. The minimum Gasteiger partial charge on any atom is -0.317 e. The van der Waals surface area contributed by atoms with Gasteiger partial charge in [0.2, 0.25) is 0 Å². The van der Waals surface area contributed by atoms with E-state index < -0.39 is 0 Å². The lowest BCUT2D eigenvalue weighted by Gasteiger charge is -2.40. The van der Waals surface area contributed by atoms with Crippen molar-refractivity contribution in [2.24, 2.45) is 0 Å². The van der Waals surface area contributed by atoms with Gasteiger partial charge in [0.1, 0.15) is 0 Å². The second kappa shape index (κ2) is 4.42. The highest BCUT2D eigenvalue weighted by Crippen LogP contribution is 2.35. The SMILES string of the molecule is CC1(N2C(=O)c3ccc(Br)cc3C2=O)CCNCC1. The summed E-state index contributed by atoms with van der Waals surface area (Å²) in [6.45, 7) is 3.69. The second-order valence-corrected chi connectivity index (χ2v) is 6.30. The first-order valence-electron chi connectivity index (χ1n) is 6.42. The van der Waals surface area contributed by atoms with Crippen molar-refractivity contribution in [1.29, 1.82) is 0 Å². The molecule has 1 aromatic rings. The number of carbonyl (C=O) groups is 2. The van der Waals surface area contributed by atoms with E-state index in [0.717, 1.165) is 30.4 Å².